The number of nitrogens with two attached hydrogens (primary N) is 1. The first kappa shape index (κ1) is 15.7. The molecule has 0 aliphatic carbocycles. The van der Waals surface area contributed by atoms with Crippen molar-refractivity contribution >= 4 is 23.1 Å². The monoisotopic (exact) mass is 309 g/mol. The van der Waals surface area contributed by atoms with Crippen molar-refractivity contribution in [3.05, 3.63) is 53.6 Å². The van der Waals surface area contributed by atoms with Gasteiger partial charge in [-0.25, -0.2) is 4.79 Å². The maximum absolute atomic E-state index is 12.6. The first-order valence-electron chi connectivity index (χ1n) is 6.37. The van der Waals surface area contributed by atoms with Gasteiger partial charge in [0.05, 0.1) is 5.56 Å². The third kappa shape index (κ3) is 3.91. The molecular formula is C15H14F3N3O. The number of anilines is 3. The number of rotatable bonds is 2. The van der Waals surface area contributed by atoms with Crippen molar-refractivity contribution in [2.75, 3.05) is 16.4 Å². The summed E-state index contributed by atoms with van der Waals surface area (Å²) in [5, 5.41) is 4.91. The van der Waals surface area contributed by atoms with Gasteiger partial charge in [-0.15, -0.1) is 0 Å². The predicted molar refractivity (Wildman–Crippen MR) is 79.7 cm³/mol. The molecule has 116 valence electrons. The van der Waals surface area contributed by atoms with Crippen LogP contribution in [0, 0.1) is 6.92 Å². The maximum atomic E-state index is 12.6. The molecule has 0 unspecified atom stereocenters. The average molecular weight is 309 g/mol. The van der Waals surface area contributed by atoms with E-state index in [1.165, 1.54) is 12.1 Å². The number of carbonyl (C=O) groups excluding carboxylic acids is 1. The number of nitrogens with one attached hydrogen (secondary N) is 2. The van der Waals surface area contributed by atoms with Crippen molar-refractivity contribution in [1.29, 1.82) is 0 Å². The first-order chi connectivity index (χ1) is 10.3. The van der Waals surface area contributed by atoms with E-state index in [0.29, 0.717) is 11.4 Å². The zero-order chi connectivity index (χ0) is 16.3. The normalized spacial score (nSPS) is 11.1. The van der Waals surface area contributed by atoms with Gasteiger partial charge in [-0.05, 0) is 42.8 Å². The van der Waals surface area contributed by atoms with Crippen LogP contribution in [0.4, 0.5) is 35.0 Å². The van der Waals surface area contributed by atoms with E-state index in [1.54, 1.807) is 25.1 Å². The molecule has 0 atom stereocenters. The molecule has 22 heavy (non-hydrogen) atoms. The van der Waals surface area contributed by atoms with E-state index in [0.717, 1.165) is 17.7 Å². The van der Waals surface area contributed by atoms with Crippen molar-refractivity contribution in [2.45, 2.75) is 13.1 Å². The predicted octanol–water partition coefficient (Wildman–Crippen LogP) is 4.24. The molecule has 0 aromatic heterocycles. The number of benzene rings is 2. The minimum atomic E-state index is -4.46. The number of alkyl halides is 3. The Hall–Kier alpha value is -2.70. The van der Waals surface area contributed by atoms with Crippen LogP contribution >= 0.6 is 0 Å². The molecule has 0 aliphatic rings. The molecule has 4 N–H and O–H groups in total. The van der Waals surface area contributed by atoms with Crippen LogP contribution in [0.2, 0.25) is 0 Å². The fourth-order valence-corrected chi connectivity index (χ4v) is 1.83. The van der Waals surface area contributed by atoms with E-state index < -0.39 is 17.8 Å². The number of hydrogen-bond donors (Lipinski definition) is 3. The van der Waals surface area contributed by atoms with E-state index in [9.17, 15) is 18.0 Å². The summed E-state index contributed by atoms with van der Waals surface area (Å²) in [5.41, 5.74) is 6.60. The van der Waals surface area contributed by atoms with Gasteiger partial charge >= 0.3 is 12.2 Å². The molecule has 0 saturated heterocycles. The fraction of sp³-hybridized carbons (Fsp3) is 0.133. The molecule has 0 radical (unpaired) electrons. The minimum absolute atomic E-state index is 0.0499. The molecule has 0 fully saturated rings. The number of nitrogen functional groups attached to an aromatic ring is 1. The highest BCUT2D eigenvalue weighted by Gasteiger charge is 2.30. The van der Waals surface area contributed by atoms with E-state index in [2.05, 4.69) is 10.6 Å². The number of aryl methyl sites for hydroxylation is 1. The third-order valence-corrected chi connectivity index (χ3v) is 2.96. The van der Waals surface area contributed by atoms with E-state index in [1.807, 2.05) is 0 Å². The number of hydrogen-bond acceptors (Lipinski definition) is 2. The molecular weight excluding hydrogens is 295 g/mol. The molecule has 0 spiro atoms. The Labute approximate surface area is 125 Å². The zero-order valence-electron chi connectivity index (χ0n) is 11.7. The first-order valence-corrected chi connectivity index (χ1v) is 6.37. The van der Waals surface area contributed by atoms with Crippen LogP contribution in [0.15, 0.2) is 42.5 Å². The van der Waals surface area contributed by atoms with Crippen LogP contribution in [-0.2, 0) is 6.18 Å². The second-order valence-electron chi connectivity index (χ2n) is 4.73. The van der Waals surface area contributed by atoms with Gasteiger partial charge in [-0.1, -0.05) is 12.1 Å². The summed E-state index contributed by atoms with van der Waals surface area (Å²) in [4.78, 5) is 11.9. The zero-order valence-corrected chi connectivity index (χ0v) is 11.7. The Balaban J connectivity index is 2.11. The molecule has 2 amide bonds. The largest absolute Gasteiger partial charge is 0.416 e. The quantitative estimate of drug-likeness (QED) is 0.726. The molecule has 0 saturated carbocycles. The topological polar surface area (TPSA) is 67.1 Å². The maximum Gasteiger partial charge on any atom is 0.416 e. The molecule has 2 aromatic carbocycles. The SMILES string of the molecule is Cc1ccc(N)cc1NC(=O)Nc1cccc(C(F)(F)F)c1. The lowest BCUT2D eigenvalue weighted by molar-refractivity contribution is -0.137. The molecule has 0 bridgehead atoms. The molecule has 0 heterocycles. The van der Waals surface area contributed by atoms with Gasteiger partial charge in [0.1, 0.15) is 0 Å². The van der Waals surface area contributed by atoms with Gasteiger partial charge < -0.3 is 16.4 Å². The Morgan fingerprint density at radius 3 is 2.50 bits per heavy atom. The standard InChI is InChI=1S/C15H14F3N3O/c1-9-5-6-11(19)8-13(9)21-14(22)20-12-4-2-3-10(7-12)15(16,17)18/h2-8H,19H2,1H3,(H2,20,21,22). The summed E-state index contributed by atoms with van der Waals surface area (Å²) in [6.45, 7) is 1.78. The number of amides is 2. The lowest BCUT2D eigenvalue weighted by Gasteiger charge is -2.12. The number of carbonyl (C=O) groups is 1. The summed E-state index contributed by atoms with van der Waals surface area (Å²) in [6, 6.07) is 8.75. The molecule has 4 nitrogen and oxygen atoms in total. The summed E-state index contributed by atoms with van der Waals surface area (Å²) in [7, 11) is 0. The van der Waals surface area contributed by atoms with E-state index in [4.69, 9.17) is 5.73 Å². The highest BCUT2D eigenvalue weighted by atomic mass is 19.4. The lowest BCUT2D eigenvalue weighted by Crippen LogP contribution is -2.20. The van der Waals surface area contributed by atoms with E-state index in [-0.39, 0.29) is 5.69 Å². The molecule has 7 heteroatoms. The van der Waals surface area contributed by atoms with Crippen LogP contribution in [0.25, 0.3) is 0 Å². The van der Waals surface area contributed by atoms with Crippen LogP contribution in [0.5, 0.6) is 0 Å². The molecule has 2 aromatic rings. The van der Waals surface area contributed by atoms with Crippen molar-refractivity contribution in [3.63, 3.8) is 0 Å². The molecule has 2 rings (SSSR count). The van der Waals surface area contributed by atoms with Crippen molar-refractivity contribution in [3.8, 4) is 0 Å². The van der Waals surface area contributed by atoms with Crippen molar-refractivity contribution < 1.29 is 18.0 Å². The fourth-order valence-electron chi connectivity index (χ4n) is 1.83. The van der Waals surface area contributed by atoms with Crippen LogP contribution < -0.4 is 16.4 Å². The molecule has 0 aliphatic heterocycles. The lowest BCUT2D eigenvalue weighted by atomic mass is 10.2. The highest BCUT2D eigenvalue weighted by molar-refractivity contribution is 6.00. The Kier molecular flexibility index (Phi) is 4.25. The van der Waals surface area contributed by atoms with Gasteiger partial charge in [0.15, 0.2) is 0 Å². The van der Waals surface area contributed by atoms with Crippen LogP contribution in [0.1, 0.15) is 11.1 Å². The van der Waals surface area contributed by atoms with Crippen LogP contribution in [-0.4, -0.2) is 6.03 Å². The Morgan fingerprint density at radius 2 is 1.82 bits per heavy atom. The Morgan fingerprint density at radius 1 is 1.09 bits per heavy atom. The minimum Gasteiger partial charge on any atom is -0.399 e. The van der Waals surface area contributed by atoms with Crippen molar-refractivity contribution in [1.82, 2.24) is 0 Å². The highest BCUT2D eigenvalue weighted by Crippen LogP contribution is 2.30. The Bertz CT molecular complexity index is 699. The summed E-state index contributed by atoms with van der Waals surface area (Å²) in [6.07, 6.45) is -4.46. The summed E-state index contributed by atoms with van der Waals surface area (Å²) < 4.78 is 37.8. The van der Waals surface area contributed by atoms with Gasteiger partial charge in [0, 0.05) is 17.1 Å². The summed E-state index contributed by atoms with van der Waals surface area (Å²) >= 11 is 0. The summed E-state index contributed by atoms with van der Waals surface area (Å²) in [5.74, 6) is 0. The number of urea groups is 1. The van der Waals surface area contributed by atoms with Crippen LogP contribution in [0.3, 0.4) is 0 Å². The second kappa shape index (κ2) is 5.97. The smallest absolute Gasteiger partial charge is 0.399 e. The van der Waals surface area contributed by atoms with Crippen molar-refractivity contribution in [2.24, 2.45) is 0 Å². The number of halogens is 3. The third-order valence-electron chi connectivity index (χ3n) is 2.96. The van der Waals surface area contributed by atoms with Gasteiger partial charge in [0.2, 0.25) is 0 Å². The average Bonchev–Trinajstić information content (AvgIpc) is 2.42. The van der Waals surface area contributed by atoms with Gasteiger partial charge in [-0.2, -0.15) is 13.2 Å². The van der Waals surface area contributed by atoms with Gasteiger partial charge in [0.25, 0.3) is 0 Å². The van der Waals surface area contributed by atoms with Gasteiger partial charge in [-0.3, -0.25) is 0 Å². The van der Waals surface area contributed by atoms with E-state index >= 15 is 0 Å². The second-order valence-corrected chi connectivity index (χ2v) is 4.73.